The van der Waals surface area contributed by atoms with Crippen LogP contribution in [0.1, 0.15) is 33.1 Å². The highest BCUT2D eigenvalue weighted by Crippen LogP contribution is 2.25. The zero-order chi connectivity index (χ0) is 14.2. The van der Waals surface area contributed by atoms with Crippen molar-refractivity contribution in [3.05, 3.63) is 0 Å². The molecule has 7 heteroatoms. The quantitative estimate of drug-likeness (QED) is 0.243. The van der Waals surface area contributed by atoms with E-state index in [0.29, 0.717) is 6.42 Å². The summed E-state index contributed by atoms with van der Waals surface area (Å²) in [5, 5.41) is 16.3. The van der Waals surface area contributed by atoms with Crippen LogP contribution in [-0.4, -0.2) is 36.0 Å². The van der Waals surface area contributed by atoms with Gasteiger partial charge in [-0.15, -0.1) is 0 Å². The van der Waals surface area contributed by atoms with E-state index in [0.717, 1.165) is 6.42 Å². The lowest BCUT2D eigenvalue weighted by atomic mass is 9.82. The molecule has 0 spiro atoms. The fourth-order valence-electron chi connectivity index (χ4n) is 1.30. The van der Waals surface area contributed by atoms with E-state index in [4.69, 9.17) is 21.1 Å². The number of carbonyl (C=O) groups excluding carboxylic acids is 1. The number of ether oxygens (including phenoxy) is 1. The molecule has 7 nitrogen and oxygen atoms in total. The third-order valence-corrected chi connectivity index (χ3v) is 2.67. The molecule has 0 aliphatic carbocycles. The maximum Gasteiger partial charge on any atom is 0.350 e. The Kier molecular flexibility index (Phi) is 7.14. The van der Waals surface area contributed by atoms with Crippen LogP contribution < -0.4 is 5.90 Å². The predicted octanol–water partition coefficient (Wildman–Crippen LogP) is 0.721. The van der Waals surface area contributed by atoms with E-state index < -0.39 is 23.1 Å². The average molecular weight is 260 g/mol. The number of aliphatic carboxylic acids is 1. The van der Waals surface area contributed by atoms with E-state index >= 15 is 0 Å². The molecular formula is C11H20N2O5. The summed E-state index contributed by atoms with van der Waals surface area (Å²) < 4.78 is 4.98. The van der Waals surface area contributed by atoms with Gasteiger partial charge in [0, 0.05) is 0 Å². The highest BCUT2D eigenvalue weighted by molar-refractivity contribution is 6.40. The number of nitrogens with two attached hydrogens (primary N) is 1. The van der Waals surface area contributed by atoms with Crippen molar-refractivity contribution in [2.45, 2.75) is 33.1 Å². The molecule has 0 saturated carbocycles. The topological polar surface area (TPSA) is 123 Å². The number of hydrogen-bond acceptors (Lipinski definition) is 6. The molecule has 0 heterocycles. The minimum atomic E-state index is -1.54. The Hall–Kier alpha value is -1.47. The third kappa shape index (κ3) is 4.42. The number of carboxylic acid groups (broad SMARTS) is 1. The lowest BCUT2D eigenvalue weighted by Gasteiger charge is -2.25. The largest absolute Gasteiger partial charge is 0.477 e. The Morgan fingerprint density at radius 1 is 1.39 bits per heavy atom. The Balaban J connectivity index is 4.79. The summed E-state index contributed by atoms with van der Waals surface area (Å²) in [6.45, 7) is 3.46. The van der Waals surface area contributed by atoms with Crippen molar-refractivity contribution in [1.29, 1.82) is 5.41 Å². The van der Waals surface area contributed by atoms with Gasteiger partial charge in [0.25, 0.3) is 0 Å². The molecule has 0 fully saturated rings. The number of carbonyl (C=O) groups is 2. The Labute approximate surface area is 106 Å². The summed E-state index contributed by atoms with van der Waals surface area (Å²) >= 11 is 0. The van der Waals surface area contributed by atoms with E-state index in [1.54, 1.807) is 0 Å². The van der Waals surface area contributed by atoms with Gasteiger partial charge < -0.3 is 14.7 Å². The molecule has 1 atom stereocenters. The average Bonchev–Trinajstić information content (AvgIpc) is 2.34. The van der Waals surface area contributed by atoms with Crippen LogP contribution in [0.3, 0.4) is 0 Å². The molecule has 0 bridgehead atoms. The molecule has 0 aromatic carbocycles. The fourth-order valence-corrected chi connectivity index (χ4v) is 1.30. The second-order valence-corrected chi connectivity index (χ2v) is 4.12. The first-order valence-corrected chi connectivity index (χ1v) is 5.71. The Bertz CT molecular complexity index is 319. The number of rotatable bonds is 9. The third-order valence-electron chi connectivity index (χ3n) is 2.67. The van der Waals surface area contributed by atoms with Crippen molar-refractivity contribution in [3.63, 3.8) is 0 Å². The van der Waals surface area contributed by atoms with Crippen molar-refractivity contribution in [1.82, 2.24) is 0 Å². The maximum atomic E-state index is 11.9. The number of carboxylic acids is 1. The van der Waals surface area contributed by atoms with Crippen LogP contribution in [-0.2, 0) is 19.2 Å². The molecule has 4 N–H and O–H groups in total. The smallest absolute Gasteiger partial charge is 0.350 e. The van der Waals surface area contributed by atoms with Crippen LogP contribution in [0, 0.1) is 10.8 Å². The van der Waals surface area contributed by atoms with Gasteiger partial charge in [0.05, 0.1) is 13.2 Å². The van der Waals surface area contributed by atoms with Crippen LogP contribution in [0.2, 0.25) is 0 Å². The molecule has 0 aliphatic rings. The number of hydrogen-bond donors (Lipinski definition) is 3. The van der Waals surface area contributed by atoms with Crippen molar-refractivity contribution in [3.8, 4) is 0 Å². The van der Waals surface area contributed by atoms with Crippen molar-refractivity contribution in [2.75, 3.05) is 13.2 Å². The summed E-state index contributed by atoms with van der Waals surface area (Å²) in [5.74, 6) is 2.67. The minimum Gasteiger partial charge on any atom is -0.477 e. The minimum absolute atomic E-state index is 0.0143. The van der Waals surface area contributed by atoms with Crippen molar-refractivity contribution >= 4 is 17.7 Å². The lowest BCUT2D eigenvalue weighted by molar-refractivity contribution is -0.153. The predicted molar refractivity (Wildman–Crippen MR) is 64.1 cm³/mol. The van der Waals surface area contributed by atoms with Crippen LogP contribution in [0.15, 0.2) is 0 Å². The molecule has 104 valence electrons. The first-order chi connectivity index (χ1) is 8.40. The molecule has 0 amide bonds. The SMILES string of the molecule is CCCCOC(=O)C(C)(CCON)C(=N)C(=O)O. The van der Waals surface area contributed by atoms with Crippen LogP contribution in [0.4, 0.5) is 0 Å². The van der Waals surface area contributed by atoms with Gasteiger partial charge in [0.1, 0.15) is 11.1 Å². The summed E-state index contributed by atoms with van der Waals surface area (Å²) in [6, 6.07) is 0. The Morgan fingerprint density at radius 2 is 2.00 bits per heavy atom. The number of nitrogens with one attached hydrogen (secondary N) is 1. The molecule has 0 aromatic heterocycles. The van der Waals surface area contributed by atoms with E-state index in [1.807, 2.05) is 6.92 Å². The normalized spacial score (nSPS) is 13.7. The van der Waals surface area contributed by atoms with Crippen molar-refractivity contribution in [2.24, 2.45) is 11.3 Å². The van der Waals surface area contributed by atoms with Gasteiger partial charge >= 0.3 is 11.9 Å². The molecular weight excluding hydrogens is 240 g/mol. The van der Waals surface area contributed by atoms with E-state index in [-0.39, 0.29) is 19.6 Å². The van der Waals surface area contributed by atoms with Gasteiger partial charge in [-0.1, -0.05) is 13.3 Å². The van der Waals surface area contributed by atoms with Gasteiger partial charge in [0.15, 0.2) is 0 Å². The standard InChI is InChI=1S/C11H20N2O5/c1-3-4-6-17-10(16)11(2,5-7-18-13)8(12)9(14)15/h12H,3-7,13H2,1-2H3,(H,14,15). The van der Waals surface area contributed by atoms with Crippen molar-refractivity contribution < 1.29 is 24.3 Å². The number of unbranched alkanes of at least 4 members (excludes halogenated alkanes) is 1. The first-order valence-electron chi connectivity index (χ1n) is 5.71. The zero-order valence-corrected chi connectivity index (χ0v) is 10.7. The van der Waals surface area contributed by atoms with Crippen LogP contribution in [0.5, 0.6) is 0 Å². The summed E-state index contributed by atoms with van der Waals surface area (Å²) in [6.07, 6.45) is 1.53. The molecule has 18 heavy (non-hydrogen) atoms. The maximum absolute atomic E-state index is 11.9. The van der Waals surface area contributed by atoms with Crippen LogP contribution >= 0.6 is 0 Å². The monoisotopic (exact) mass is 260 g/mol. The van der Waals surface area contributed by atoms with Gasteiger partial charge in [-0.05, 0) is 19.8 Å². The Morgan fingerprint density at radius 3 is 2.44 bits per heavy atom. The molecule has 0 aromatic rings. The highest BCUT2D eigenvalue weighted by atomic mass is 16.6. The molecule has 0 aliphatic heterocycles. The molecule has 1 unspecified atom stereocenters. The van der Waals surface area contributed by atoms with E-state index in [9.17, 15) is 9.59 Å². The summed E-state index contributed by atoms with van der Waals surface area (Å²) in [4.78, 5) is 27.1. The zero-order valence-electron chi connectivity index (χ0n) is 10.7. The van der Waals surface area contributed by atoms with Gasteiger partial charge in [-0.3, -0.25) is 10.2 Å². The second kappa shape index (κ2) is 7.78. The van der Waals surface area contributed by atoms with Crippen LogP contribution in [0.25, 0.3) is 0 Å². The fraction of sp³-hybridized carbons (Fsp3) is 0.727. The lowest BCUT2D eigenvalue weighted by Crippen LogP contribution is -2.42. The molecule has 0 rings (SSSR count). The highest BCUT2D eigenvalue weighted by Gasteiger charge is 2.42. The summed E-state index contributed by atoms with van der Waals surface area (Å²) in [7, 11) is 0. The number of esters is 1. The van der Waals surface area contributed by atoms with E-state index in [1.165, 1.54) is 6.92 Å². The first kappa shape index (κ1) is 16.5. The van der Waals surface area contributed by atoms with E-state index in [2.05, 4.69) is 4.84 Å². The molecule has 0 radical (unpaired) electrons. The van der Waals surface area contributed by atoms with Gasteiger partial charge in [-0.2, -0.15) is 0 Å². The molecule has 0 saturated heterocycles. The second-order valence-electron chi connectivity index (χ2n) is 4.12. The summed E-state index contributed by atoms with van der Waals surface area (Å²) in [5.41, 5.74) is -2.26. The van der Waals surface area contributed by atoms with Gasteiger partial charge in [-0.25, -0.2) is 10.7 Å². The van der Waals surface area contributed by atoms with Gasteiger partial charge in [0.2, 0.25) is 0 Å².